The van der Waals surface area contributed by atoms with Crippen LogP contribution < -0.4 is 11.1 Å². The number of benzene rings is 1. The zero-order valence-electron chi connectivity index (χ0n) is 18.6. The van der Waals surface area contributed by atoms with E-state index < -0.39 is 15.4 Å². The summed E-state index contributed by atoms with van der Waals surface area (Å²) in [5.74, 6) is 0.919. The fourth-order valence-corrected chi connectivity index (χ4v) is 4.63. The maximum Gasteiger partial charge on any atom is 0.299 e. The third kappa shape index (κ3) is 4.02. The summed E-state index contributed by atoms with van der Waals surface area (Å²) in [6.45, 7) is 3.56. The van der Waals surface area contributed by atoms with E-state index in [1.54, 1.807) is 31.6 Å². The molecular formula is C24H23N5O4S. The van der Waals surface area contributed by atoms with Gasteiger partial charge in [0.1, 0.15) is 11.1 Å². The average Bonchev–Trinajstić information content (AvgIpc) is 3.49. The number of rotatable bonds is 6. The highest BCUT2D eigenvalue weighted by Gasteiger charge is 2.35. The minimum Gasteiger partial charge on any atom is -0.438 e. The van der Waals surface area contributed by atoms with Crippen LogP contribution in [0, 0.1) is 0 Å². The van der Waals surface area contributed by atoms with Crippen LogP contribution >= 0.6 is 0 Å². The number of hydrogen-bond acceptors (Lipinski definition) is 9. The molecule has 0 saturated carbocycles. The average molecular weight is 478 g/mol. The summed E-state index contributed by atoms with van der Waals surface area (Å²) in [4.78, 5) is 13.1. The normalized spacial score (nSPS) is 18.6. The Morgan fingerprint density at radius 1 is 1.18 bits per heavy atom. The molecule has 174 valence electrons. The Labute approximate surface area is 196 Å². The summed E-state index contributed by atoms with van der Waals surface area (Å²) < 4.78 is 36.3. The van der Waals surface area contributed by atoms with Crippen LogP contribution in [0.2, 0.25) is 0 Å². The molecule has 9 nitrogen and oxygen atoms in total. The van der Waals surface area contributed by atoms with Gasteiger partial charge in [0.15, 0.2) is 21.2 Å². The van der Waals surface area contributed by atoms with Crippen molar-refractivity contribution >= 4 is 27.0 Å². The molecule has 34 heavy (non-hydrogen) atoms. The van der Waals surface area contributed by atoms with E-state index in [4.69, 9.17) is 14.6 Å². The molecule has 1 aliphatic carbocycles. The first kappa shape index (κ1) is 22.1. The predicted octanol–water partition coefficient (Wildman–Crippen LogP) is 4.17. The summed E-state index contributed by atoms with van der Waals surface area (Å²) >= 11 is 0. The first-order chi connectivity index (χ1) is 16.3. The van der Waals surface area contributed by atoms with Gasteiger partial charge in [0.05, 0.1) is 16.8 Å². The van der Waals surface area contributed by atoms with Gasteiger partial charge in [-0.2, -0.15) is 0 Å². The molecule has 1 unspecified atom stereocenters. The molecule has 1 aromatic carbocycles. The van der Waals surface area contributed by atoms with Crippen molar-refractivity contribution in [2.75, 3.05) is 11.1 Å². The molecule has 0 amide bonds. The van der Waals surface area contributed by atoms with E-state index in [2.05, 4.69) is 20.3 Å². The highest BCUT2D eigenvalue weighted by molar-refractivity contribution is 7.91. The lowest BCUT2D eigenvalue weighted by atomic mass is 9.87. The van der Waals surface area contributed by atoms with E-state index in [1.807, 2.05) is 31.2 Å². The highest BCUT2D eigenvalue weighted by atomic mass is 32.2. The third-order valence-corrected chi connectivity index (χ3v) is 7.53. The molecule has 0 aliphatic heterocycles. The molecule has 4 aromatic rings. The van der Waals surface area contributed by atoms with Crippen LogP contribution in [0.15, 0.2) is 86.1 Å². The van der Waals surface area contributed by atoms with Crippen molar-refractivity contribution in [3.05, 3.63) is 78.2 Å². The summed E-state index contributed by atoms with van der Waals surface area (Å²) in [6.07, 6.45) is 9.10. The fraction of sp³-hybridized carbons (Fsp3) is 0.208. The molecule has 0 spiro atoms. The van der Waals surface area contributed by atoms with Gasteiger partial charge in [-0.05, 0) is 42.8 Å². The number of allylic oxidation sites excluding steroid dienone is 2. The lowest BCUT2D eigenvalue weighted by Gasteiger charge is -2.28. The largest absolute Gasteiger partial charge is 0.438 e. The van der Waals surface area contributed by atoms with Gasteiger partial charge in [0.25, 0.3) is 6.01 Å². The first-order valence-corrected chi connectivity index (χ1v) is 12.4. The number of pyridine rings is 1. The standard InChI is InChI=1S/C24H23N5O4S/c1-3-34(30,31)17-4-5-20-18(12-17)28-22(32-20)24(25)9-6-15(2)19(13-24)29-23-27-14-21(33-23)16-7-10-26-11-8-16/h4-12,14H,3,13,25H2,1-2H3,(H,27,29). The molecule has 5 rings (SSSR count). The van der Waals surface area contributed by atoms with Crippen molar-refractivity contribution in [3.8, 4) is 11.3 Å². The van der Waals surface area contributed by atoms with Crippen LogP contribution in [0.4, 0.5) is 6.01 Å². The molecule has 10 heteroatoms. The molecule has 0 saturated heterocycles. The van der Waals surface area contributed by atoms with Crippen LogP contribution in [0.25, 0.3) is 22.4 Å². The van der Waals surface area contributed by atoms with Crippen molar-refractivity contribution in [3.63, 3.8) is 0 Å². The first-order valence-electron chi connectivity index (χ1n) is 10.7. The molecule has 0 radical (unpaired) electrons. The number of hydrogen-bond donors (Lipinski definition) is 2. The lowest BCUT2D eigenvalue weighted by Crippen LogP contribution is -2.38. The minimum absolute atomic E-state index is 0.00949. The Morgan fingerprint density at radius 3 is 2.74 bits per heavy atom. The van der Waals surface area contributed by atoms with E-state index in [1.165, 1.54) is 12.1 Å². The third-order valence-electron chi connectivity index (χ3n) is 5.80. The van der Waals surface area contributed by atoms with Crippen molar-refractivity contribution in [1.82, 2.24) is 15.0 Å². The van der Waals surface area contributed by atoms with E-state index >= 15 is 0 Å². The Balaban J connectivity index is 1.41. The van der Waals surface area contributed by atoms with Gasteiger partial charge < -0.3 is 19.9 Å². The molecule has 3 heterocycles. The summed E-state index contributed by atoms with van der Waals surface area (Å²) in [5.41, 5.74) is 9.23. The zero-order valence-corrected chi connectivity index (χ0v) is 19.5. The molecule has 0 fully saturated rings. The molecule has 1 atom stereocenters. The molecule has 3 aromatic heterocycles. The van der Waals surface area contributed by atoms with E-state index in [9.17, 15) is 8.42 Å². The number of aromatic nitrogens is 3. The Bertz CT molecular complexity index is 1540. The Kier molecular flexibility index (Phi) is 5.34. The predicted molar refractivity (Wildman–Crippen MR) is 127 cm³/mol. The van der Waals surface area contributed by atoms with Gasteiger partial charge in [-0.1, -0.05) is 19.1 Å². The highest BCUT2D eigenvalue weighted by Crippen LogP contribution is 2.35. The van der Waals surface area contributed by atoms with Crippen LogP contribution in [0.5, 0.6) is 0 Å². The number of fused-ring (bicyclic) bond motifs is 1. The monoisotopic (exact) mass is 477 g/mol. The summed E-state index contributed by atoms with van der Waals surface area (Å²) in [7, 11) is -3.35. The fourth-order valence-electron chi connectivity index (χ4n) is 3.73. The van der Waals surface area contributed by atoms with Crippen molar-refractivity contribution in [2.24, 2.45) is 5.73 Å². The molecular weight excluding hydrogens is 454 g/mol. The SMILES string of the molecule is CCS(=O)(=O)c1ccc2oc(C3(N)C=CC(C)=C(Nc4ncc(-c5ccncc5)o4)C3)nc2c1. The van der Waals surface area contributed by atoms with Gasteiger partial charge in [-0.25, -0.2) is 18.4 Å². The summed E-state index contributed by atoms with van der Waals surface area (Å²) in [6, 6.07) is 8.67. The van der Waals surface area contributed by atoms with Crippen molar-refractivity contribution in [2.45, 2.75) is 30.7 Å². The van der Waals surface area contributed by atoms with Crippen LogP contribution in [0.1, 0.15) is 26.2 Å². The Morgan fingerprint density at radius 2 is 1.97 bits per heavy atom. The van der Waals surface area contributed by atoms with E-state index in [0.717, 1.165) is 16.8 Å². The van der Waals surface area contributed by atoms with Crippen LogP contribution in [-0.4, -0.2) is 29.1 Å². The number of nitrogens with one attached hydrogen (secondary N) is 1. The number of nitrogens with zero attached hydrogens (tertiary/aromatic N) is 3. The summed E-state index contributed by atoms with van der Waals surface area (Å²) in [5, 5.41) is 3.22. The number of nitrogens with two attached hydrogens (primary N) is 1. The quantitative estimate of drug-likeness (QED) is 0.419. The smallest absolute Gasteiger partial charge is 0.299 e. The molecule has 1 aliphatic rings. The second-order valence-electron chi connectivity index (χ2n) is 8.15. The lowest BCUT2D eigenvalue weighted by molar-refractivity contribution is 0.396. The van der Waals surface area contributed by atoms with Gasteiger partial charge in [-0.15, -0.1) is 0 Å². The maximum absolute atomic E-state index is 12.2. The van der Waals surface area contributed by atoms with E-state index in [0.29, 0.717) is 35.2 Å². The van der Waals surface area contributed by atoms with E-state index in [-0.39, 0.29) is 10.6 Å². The van der Waals surface area contributed by atoms with Gasteiger partial charge in [0.2, 0.25) is 5.89 Å². The molecule has 0 bridgehead atoms. The second-order valence-corrected chi connectivity index (χ2v) is 10.4. The molecule has 3 N–H and O–H groups in total. The number of anilines is 1. The number of sulfone groups is 1. The topological polar surface area (TPSA) is 137 Å². The minimum atomic E-state index is -3.35. The Hall–Kier alpha value is -3.76. The van der Waals surface area contributed by atoms with Crippen LogP contribution in [-0.2, 0) is 15.4 Å². The zero-order chi connectivity index (χ0) is 23.9. The second kappa shape index (κ2) is 8.23. The van der Waals surface area contributed by atoms with Crippen LogP contribution in [0.3, 0.4) is 0 Å². The van der Waals surface area contributed by atoms with Crippen molar-refractivity contribution in [1.29, 1.82) is 0 Å². The number of oxazole rings is 2. The maximum atomic E-state index is 12.2. The van der Waals surface area contributed by atoms with Gasteiger partial charge >= 0.3 is 0 Å². The van der Waals surface area contributed by atoms with Gasteiger partial charge in [-0.3, -0.25) is 4.98 Å². The van der Waals surface area contributed by atoms with Gasteiger partial charge in [0, 0.05) is 30.1 Å². The van der Waals surface area contributed by atoms with Crippen molar-refractivity contribution < 1.29 is 17.3 Å².